The van der Waals surface area contributed by atoms with Gasteiger partial charge in [-0.25, -0.2) is 4.98 Å². The molecular formula is C12H14N6O3. The maximum Gasteiger partial charge on any atom is 0.305 e. The number of para-hydroxylation sites is 1. The number of nitrogens with one attached hydrogen (secondary N) is 2. The molecule has 1 amide bonds. The summed E-state index contributed by atoms with van der Waals surface area (Å²) in [7, 11) is 3.11. The summed E-state index contributed by atoms with van der Waals surface area (Å²) in [6.07, 6.45) is 1.33. The quantitative estimate of drug-likeness (QED) is 0.627. The first-order valence-corrected chi connectivity index (χ1v) is 6.09. The van der Waals surface area contributed by atoms with Crippen LogP contribution in [0.5, 0.6) is 0 Å². The molecule has 0 radical (unpaired) electrons. The highest BCUT2D eigenvalue weighted by molar-refractivity contribution is 6.00. The highest BCUT2D eigenvalue weighted by Crippen LogP contribution is 2.29. The van der Waals surface area contributed by atoms with Crippen LogP contribution < -0.4 is 5.32 Å². The molecule has 0 bridgehead atoms. The molecule has 9 nitrogen and oxygen atoms in total. The van der Waals surface area contributed by atoms with Crippen molar-refractivity contribution in [3.8, 4) is 0 Å². The number of amides is 1. The van der Waals surface area contributed by atoms with E-state index >= 15 is 0 Å². The lowest BCUT2D eigenvalue weighted by molar-refractivity contribution is -0.384. The largest absolute Gasteiger partial charge is 0.383 e. The van der Waals surface area contributed by atoms with E-state index in [1.807, 2.05) is 0 Å². The third kappa shape index (κ3) is 2.96. The van der Waals surface area contributed by atoms with Crippen molar-refractivity contribution in [3.05, 3.63) is 46.0 Å². The number of aromatic nitrogens is 3. The van der Waals surface area contributed by atoms with Crippen LogP contribution in [0.25, 0.3) is 0 Å². The van der Waals surface area contributed by atoms with Gasteiger partial charge in [0.1, 0.15) is 23.4 Å². The zero-order valence-corrected chi connectivity index (χ0v) is 11.5. The summed E-state index contributed by atoms with van der Waals surface area (Å²) in [4.78, 5) is 28.3. The number of carbonyl (C=O) groups excluding carboxylic acids is 1. The molecule has 21 heavy (non-hydrogen) atoms. The van der Waals surface area contributed by atoms with Gasteiger partial charge < -0.3 is 10.2 Å². The molecule has 0 aliphatic carbocycles. The van der Waals surface area contributed by atoms with Crippen LogP contribution in [-0.4, -0.2) is 45.0 Å². The van der Waals surface area contributed by atoms with Gasteiger partial charge in [0.15, 0.2) is 0 Å². The number of nitro benzene ring substituents is 1. The second-order valence-electron chi connectivity index (χ2n) is 4.30. The molecule has 0 spiro atoms. The van der Waals surface area contributed by atoms with Gasteiger partial charge in [0.2, 0.25) is 0 Å². The first kappa shape index (κ1) is 14.4. The van der Waals surface area contributed by atoms with Gasteiger partial charge in [0.25, 0.3) is 5.91 Å². The second kappa shape index (κ2) is 5.99. The molecule has 1 aromatic heterocycles. The number of hydrogen-bond acceptors (Lipinski definition) is 6. The Balaban J connectivity index is 2.32. The SMILES string of the molecule is CNc1cccc(C(=O)N(C)Cc2ncn[nH]2)c1[N+](=O)[O-]. The lowest BCUT2D eigenvalue weighted by Crippen LogP contribution is -2.27. The van der Waals surface area contributed by atoms with E-state index in [9.17, 15) is 14.9 Å². The maximum atomic E-state index is 12.4. The molecule has 110 valence electrons. The molecule has 1 heterocycles. The summed E-state index contributed by atoms with van der Waals surface area (Å²) in [6.45, 7) is 0.180. The van der Waals surface area contributed by atoms with Crippen molar-refractivity contribution in [2.45, 2.75) is 6.54 Å². The third-order valence-corrected chi connectivity index (χ3v) is 2.92. The van der Waals surface area contributed by atoms with Gasteiger partial charge in [-0.2, -0.15) is 5.10 Å². The minimum Gasteiger partial charge on any atom is -0.383 e. The van der Waals surface area contributed by atoms with Gasteiger partial charge >= 0.3 is 5.69 Å². The number of benzene rings is 1. The molecule has 2 N–H and O–H groups in total. The van der Waals surface area contributed by atoms with Gasteiger partial charge in [0.05, 0.1) is 11.5 Å². The van der Waals surface area contributed by atoms with Crippen LogP contribution in [0.15, 0.2) is 24.5 Å². The first-order valence-electron chi connectivity index (χ1n) is 6.09. The van der Waals surface area contributed by atoms with E-state index < -0.39 is 10.8 Å². The van der Waals surface area contributed by atoms with E-state index in [2.05, 4.69) is 20.5 Å². The molecule has 0 fully saturated rings. The molecule has 0 aliphatic rings. The van der Waals surface area contributed by atoms with Crippen molar-refractivity contribution >= 4 is 17.3 Å². The molecule has 9 heteroatoms. The van der Waals surface area contributed by atoms with Crippen LogP contribution >= 0.6 is 0 Å². The fourth-order valence-electron chi connectivity index (χ4n) is 1.92. The van der Waals surface area contributed by atoms with Crippen molar-refractivity contribution < 1.29 is 9.72 Å². The smallest absolute Gasteiger partial charge is 0.305 e. The van der Waals surface area contributed by atoms with E-state index in [1.165, 1.54) is 17.3 Å². The zero-order chi connectivity index (χ0) is 15.4. The summed E-state index contributed by atoms with van der Waals surface area (Å²) in [5.41, 5.74) is 0.0715. The number of nitro groups is 1. The van der Waals surface area contributed by atoms with Crippen LogP contribution in [0.1, 0.15) is 16.2 Å². The summed E-state index contributed by atoms with van der Waals surface area (Å²) in [6, 6.07) is 4.57. The molecule has 1 aromatic carbocycles. The molecule has 0 aliphatic heterocycles. The lowest BCUT2D eigenvalue weighted by atomic mass is 10.1. The Hall–Kier alpha value is -2.97. The van der Waals surface area contributed by atoms with E-state index in [-0.39, 0.29) is 17.8 Å². The van der Waals surface area contributed by atoms with Gasteiger partial charge in [0, 0.05) is 14.1 Å². The van der Waals surface area contributed by atoms with Crippen LogP contribution in [0.4, 0.5) is 11.4 Å². The van der Waals surface area contributed by atoms with Crippen molar-refractivity contribution in [1.82, 2.24) is 20.1 Å². The minimum atomic E-state index is -0.568. The lowest BCUT2D eigenvalue weighted by Gasteiger charge is -2.16. The highest BCUT2D eigenvalue weighted by Gasteiger charge is 2.26. The van der Waals surface area contributed by atoms with Crippen molar-refractivity contribution in [2.75, 3.05) is 19.4 Å². The Bertz CT molecular complexity index is 655. The van der Waals surface area contributed by atoms with Gasteiger partial charge in [-0.05, 0) is 12.1 Å². The number of rotatable bonds is 5. The molecule has 0 saturated heterocycles. The number of carbonyl (C=O) groups is 1. The first-order chi connectivity index (χ1) is 10.0. The van der Waals surface area contributed by atoms with E-state index in [4.69, 9.17) is 0 Å². The Morgan fingerprint density at radius 3 is 2.86 bits per heavy atom. The van der Waals surface area contributed by atoms with Crippen molar-refractivity contribution in [1.29, 1.82) is 0 Å². The predicted octanol–water partition coefficient (Wildman–Crippen LogP) is 1.03. The predicted molar refractivity (Wildman–Crippen MR) is 74.8 cm³/mol. The van der Waals surface area contributed by atoms with Crippen LogP contribution in [0.2, 0.25) is 0 Å². The molecule has 2 aromatic rings. The summed E-state index contributed by atoms with van der Waals surface area (Å²) in [5, 5.41) is 20.2. The van der Waals surface area contributed by atoms with Gasteiger partial charge in [-0.3, -0.25) is 20.0 Å². The number of H-pyrrole nitrogens is 1. The Morgan fingerprint density at radius 2 is 2.29 bits per heavy atom. The van der Waals surface area contributed by atoms with Crippen LogP contribution in [0, 0.1) is 10.1 Å². The molecule has 0 unspecified atom stereocenters. The van der Waals surface area contributed by atoms with Crippen LogP contribution in [-0.2, 0) is 6.54 Å². The van der Waals surface area contributed by atoms with E-state index in [0.29, 0.717) is 11.5 Å². The maximum absolute atomic E-state index is 12.4. The summed E-state index contributed by atoms with van der Waals surface area (Å²) >= 11 is 0. The summed E-state index contributed by atoms with van der Waals surface area (Å²) in [5.74, 6) is 0.0356. The fourth-order valence-corrected chi connectivity index (χ4v) is 1.92. The Kier molecular flexibility index (Phi) is 4.12. The fraction of sp³-hybridized carbons (Fsp3) is 0.250. The number of hydrogen-bond donors (Lipinski definition) is 2. The average molecular weight is 290 g/mol. The summed E-state index contributed by atoms with van der Waals surface area (Å²) < 4.78 is 0. The monoisotopic (exact) mass is 290 g/mol. The Morgan fingerprint density at radius 1 is 1.52 bits per heavy atom. The van der Waals surface area contributed by atoms with Gasteiger partial charge in [-0.15, -0.1) is 0 Å². The van der Waals surface area contributed by atoms with E-state index in [1.54, 1.807) is 26.2 Å². The minimum absolute atomic E-state index is 0.0221. The number of aromatic amines is 1. The average Bonchev–Trinajstić information content (AvgIpc) is 2.98. The van der Waals surface area contributed by atoms with Crippen molar-refractivity contribution in [3.63, 3.8) is 0 Å². The molecule has 2 rings (SSSR count). The van der Waals surface area contributed by atoms with E-state index in [0.717, 1.165) is 0 Å². The Labute approximate surface area is 120 Å². The molecule has 0 atom stereocenters. The van der Waals surface area contributed by atoms with Gasteiger partial charge in [-0.1, -0.05) is 6.07 Å². The topological polar surface area (TPSA) is 117 Å². The third-order valence-electron chi connectivity index (χ3n) is 2.92. The molecule has 0 saturated carbocycles. The molecular weight excluding hydrogens is 276 g/mol. The standard InChI is InChI=1S/C12H14N6O3/c1-13-9-5-3-4-8(11(9)18(20)21)12(19)17(2)6-10-14-7-15-16-10/h3-5,7,13H,6H2,1-2H3,(H,14,15,16). The van der Waals surface area contributed by atoms with Crippen LogP contribution in [0.3, 0.4) is 0 Å². The number of anilines is 1. The van der Waals surface area contributed by atoms with Crippen molar-refractivity contribution in [2.24, 2.45) is 0 Å². The zero-order valence-electron chi connectivity index (χ0n) is 11.5. The number of nitrogens with zero attached hydrogens (tertiary/aromatic N) is 4. The second-order valence-corrected chi connectivity index (χ2v) is 4.30. The normalized spacial score (nSPS) is 10.2. The highest BCUT2D eigenvalue weighted by atomic mass is 16.6.